The third-order valence-corrected chi connectivity index (χ3v) is 8.34. The average molecular weight is 656 g/mol. The molecule has 0 fully saturated rings. The molecule has 0 saturated heterocycles. The van der Waals surface area contributed by atoms with Gasteiger partial charge in [0, 0.05) is 6.42 Å². The summed E-state index contributed by atoms with van der Waals surface area (Å²) >= 11 is 0. The molecule has 0 aliphatic rings. The third-order valence-electron chi connectivity index (χ3n) is 7.35. The van der Waals surface area contributed by atoms with Crippen molar-refractivity contribution in [3.63, 3.8) is 0 Å². The highest BCUT2D eigenvalue weighted by Gasteiger charge is 2.28. The van der Waals surface area contributed by atoms with Gasteiger partial charge in [-0.25, -0.2) is 4.57 Å². The minimum absolute atomic E-state index is 0.0599. The number of quaternary nitrogens is 1. The Morgan fingerprint density at radius 2 is 1.29 bits per heavy atom. The van der Waals surface area contributed by atoms with Crippen molar-refractivity contribution in [2.45, 2.75) is 135 Å². The molecule has 0 aliphatic heterocycles. The lowest BCUT2D eigenvalue weighted by Crippen LogP contribution is -2.46. The summed E-state index contributed by atoms with van der Waals surface area (Å²) in [7, 11) is 1.56. The number of unbranched alkanes of at least 4 members (excludes halogenated alkanes) is 9. The molecule has 0 saturated carbocycles. The van der Waals surface area contributed by atoms with Gasteiger partial charge in [0.05, 0.1) is 39.9 Å². The van der Waals surface area contributed by atoms with Crippen molar-refractivity contribution in [1.82, 2.24) is 5.32 Å². The molecule has 0 bridgehead atoms. The monoisotopic (exact) mass is 655 g/mol. The van der Waals surface area contributed by atoms with Gasteiger partial charge in [-0.15, -0.1) is 0 Å². The minimum atomic E-state index is -4.32. The maximum Gasteiger partial charge on any atom is 0.472 e. The van der Waals surface area contributed by atoms with Gasteiger partial charge >= 0.3 is 7.82 Å². The molecule has 3 unspecified atom stereocenters. The maximum absolute atomic E-state index is 12.7. The summed E-state index contributed by atoms with van der Waals surface area (Å²) in [5.74, 6) is -0.230. The molecule has 0 aromatic heterocycles. The first-order valence-electron chi connectivity index (χ1n) is 17.5. The first-order chi connectivity index (χ1) is 21.5. The predicted molar refractivity (Wildman–Crippen MR) is 189 cm³/mol. The molecule has 0 aromatic carbocycles. The molecule has 0 aliphatic carbocycles. The lowest BCUT2D eigenvalue weighted by atomic mass is 10.0. The zero-order valence-electron chi connectivity index (χ0n) is 29.3. The second-order valence-corrected chi connectivity index (χ2v) is 14.3. The Balaban J connectivity index is 4.66. The third kappa shape index (κ3) is 30.9. The number of hydrogen-bond acceptors (Lipinski definition) is 5. The Labute approximate surface area is 276 Å². The van der Waals surface area contributed by atoms with Crippen molar-refractivity contribution in [1.29, 1.82) is 0 Å². The van der Waals surface area contributed by atoms with E-state index in [1.807, 2.05) is 33.3 Å². The van der Waals surface area contributed by atoms with E-state index in [0.29, 0.717) is 23.9 Å². The summed E-state index contributed by atoms with van der Waals surface area (Å²) < 4.78 is 23.4. The van der Waals surface area contributed by atoms with E-state index in [1.165, 1.54) is 44.9 Å². The highest BCUT2D eigenvalue weighted by Crippen LogP contribution is 2.43. The Morgan fingerprint density at radius 3 is 1.82 bits per heavy atom. The van der Waals surface area contributed by atoms with Crippen LogP contribution in [0.3, 0.4) is 0 Å². The number of phosphoric acid groups is 1. The number of phosphoric ester groups is 1. The van der Waals surface area contributed by atoms with Crippen molar-refractivity contribution in [2.75, 3.05) is 40.9 Å². The van der Waals surface area contributed by atoms with Crippen molar-refractivity contribution >= 4 is 13.7 Å². The summed E-state index contributed by atoms with van der Waals surface area (Å²) in [4.78, 5) is 22.9. The van der Waals surface area contributed by atoms with Crippen LogP contribution in [0.25, 0.3) is 0 Å². The molecule has 45 heavy (non-hydrogen) atoms. The van der Waals surface area contributed by atoms with Crippen LogP contribution in [-0.4, -0.2) is 73.4 Å². The Morgan fingerprint density at radius 1 is 0.778 bits per heavy atom. The molecular formula is C36H68N2O6P+. The molecule has 0 aromatic rings. The largest absolute Gasteiger partial charge is 0.472 e. The van der Waals surface area contributed by atoms with E-state index < -0.39 is 20.0 Å². The number of amides is 1. The second-order valence-electron chi connectivity index (χ2n) is 12.9. The predicted octanol–water partition coefficient (Wildman–Crippen LogP) is 8.57. The molecule has 262 valence electrons. The van der Waals surface area contributed by atoms with Crippen LogP contribution in [0.2, 0.25) is 0 Å². The molecule has 1 amide bonds. The number of carbonyl (C=O) groups excluding carboxylic acids is 1. The number of aliphatic hydroxyl groups is 1. The maximum atomic E-state index is 12.7. The Kier molecular flexibility index (Phi) is 27.7. The number of allylic oxidation sites excluding steroid dienone is 8. The number of aliphatic hydroxyl groups excluding tert-OH is 1. The van der Waals surface area contributed by atoms with E-state index in [4.69, 9.17) is 9.05 Å². The smallest absolute Gasteiger partial charge is 0.391 e. The molecular weight excluding hydrogens is 587 g/mol. The summed E-state index contributed by atoms with van der Waals surface area (Å²) in [6.07, 6.45) is 33.0. The van der Waals surface area contributed by atoms with Gasteiger partial charge in [0.2, 0.25) is 5.91 Å². The first-order valence-corrected chi connectivity index (χ1v) is 19.0. The van der Waals surface area contributed by atoms with Crippen molar-refractivity contribution in [2.24, 2.45) is 0 Å². The van der Waals surface area contributed by atoms with Gasteiger partial charge in [0.1, 0.15) is 13.2 Å². The van der Waals surface area contributed by atoms with Crippen molar-refractivity contribution < 1.29 is 32.9 Å². The van der Waals surface area contributed by atoms with Crippen molar-refractivity contribution in [3.05, 3.63) is 48.6 Å². The lowest BCUT2D eigenvalue weighted by Gasteiger charge is -2.26. The van der Waals surface area contributed by atoms with E-state index in [-0.39, 0.29) is 25.5 Å². The van der Waals surface area contributed by atoms with Gasteiger partial charge in [-0.1, -0.05) is 127 Å². The van der Waals surface area contributed by atoms with Gasteiger partial charge in [-0.05, 0) is 38.5 Å². The van der Waals surface area contributed by atoms with Crippen LogP contribution in [0.4, 0.5) is 0 Å². The van der Waals surface area contributed by atoms with Crippen LogP contribution in [0, 0.1) is 0 Å². The molecule has 8 nitrogen and oxygen atoms in total. The van der Waals surface area contributed by atoms with Crippen LogP contribution in [0.5, 0.6) is 0 Å². The number of carbonyl (C=O) groups is 1. The van der Waals surface area contributed by atoms with Crippen LogP contribution in [0.15, 0.2) is 48.6 Å². The zero-order valence-corrected chi connectivity index (χ0v) is 30.2. The number of nitrogens with one attached hydrogen (secondary N) is 1. The average Bonchev–Trinajstić information content (AvgIpc) is 2.97. The SMILES string of the molecule is CC/C=C\C/C=C\C/C=C\C/C=C\CCC(=O)NC(COP(=O)(O)OCC[N+](C)(C)C)C(O)CCCCCCCCCCCC. The lowest BCUT2D eigenvalue weighted by molar-refractivity contribution is -0.870. The van der Waals surface area contributed by atoms with E-state index in [2.05, 4.69) is 55.6 Å². The minimum Gasteiger partial charge on any atom is -0.391 e. The van der Waals surface area contributed by atoms with Gasteiger partial charge in [-0.2, -0.15) is 0 Å². The van der Waals surface area contributed by atoms with Crippen LogP contribution >= 0.6 is 7.82 Å². The van der Waals surface area contributed by atoms with E-state index >= 15 is 0 Å². The van der Waals surface area contributed by atoms with Gasteiger partial charge < -0.3 is 19.8 Å². The van der Waals surface area contributed by atoms with Gasteiger partial charge in [0.25, 0.3) is 0 Å². The standard InChI is InChI=1S/C36H67N2O6P/c1-6-8-10-12-14-16-18-19-20-22-24-26-28-30-36(40)37-34(33-44-45(41,42)43-32-31-38(3,4)5)35(39)29-27-25-23-21-17-15-13-11-9-7-2/h8,10,14,16,19-20,24,26,34-35,39H,6-7,9,11-13,15,17-18,21-23,25,27-33H2,1-5H3,(H-,37,40,41,42)/p+1/b10-8-,16-14-,20-19-,26-24-. The Hall–Kier alpha value is -1.54. The number of hydrogen-bond donors (Lipinski definition) is 3. The first kappa shape index (κ1) is 43.5. The van der Waals surface area contributed by atoms with Gasteiger partial charge in [0.15, 0.2) is 0 Å². The summed E-state index contributed by atoms with van der Waals surface area (Å²) in [5.41, 5.74) is 0. The van der Waals surface area contributed by atoms with Gasteiger partial charge in [-0.3, -0.25) is 13.8 Å². The normalized spacial score (nSPS) is 15.4. The highest BCUT2D eigenvalue weighted by atomic mass is 31.2. The topological polar surface area (TPSA) is 105 Å². The molecule has 0 spiro atoms. The van der Waals surface area contributed by atoms with E-state index in [0.717, 1.165) is 44.9 Å². The molecule has 3 N–H and O–H groups in total. The Bertz CT molecular complexity index is 881. The van der Waals surface area contributed by atoms with E-state index in [1.54, 1.807) is 0 Å². The van der Waals surface area contributed by atoms with Crippen LogP contribution in [0.1, 0.15) is 123 Å². The molecule has 0 heterocycles. The summed E-state index contributed by atoms with van der Waals surface area (Å²) in [6, 6.07) is -0.795. The number of nitrogens with zero attached hydrogens (tertiary/aromatic N) is 1. The fraction of sp³-hybridized carbons (Fsp3) is 0.750. The van der Waals surface area contributed by atoms with Crippen LogP contribution < -0.4 is 5.32 Å². The second kappa shape index (κ2) is 28.7. The summed E-state index contributed by atoms with van der Waals surface area (Å²) in [5, 5.41) is 13.7. The summed E-state index contributed by atoms with van der Waals surface area (Å²) in [6.45, 7) is 4.65. The molecule has 3 atom stereocenters. The number of likely N-dealkylation sites (N-methyl/N-ethyl adjacent to an activating group) is 1. The van der Waals surface area contributed by atoms with Crippen molar-refractivity contribution in [3.8, 4) is 0 Å². The fourth-order valence-corrected chi connectivity index (χ4v) is 5.26. The molecule has 0 rings (SSSR count). The molecule has 9 heteroatoms. The molecule has 0 radical (unpaired) electrons. The van der Waals surface area contributed by atoms with E-state index in [9.17, 15) is 19.4 Å². The zero-order chi connectivity index (χ0) is 33.7. The fourth-order valence-electron chi connectivity index (χ4n) is 4.52. The highest BCUT2D eigenvalue weighted by molar-refractivity contribution is 7.47. The van der Waals surface area contributed by atoms with Crippen LogP contribution in [-0.2, 0) is 18.4 Å². The quantitative estimate of drug-likeness (QED) is 0.0310. The number of rotatable bonds is 30.